The topological polar surface area (TPSA) is 21.3 Å². The van der Waals surface area contributed by atoms with E-state index in [0.717, 1.165) is 37.2 Å². The van der Waals surface area contributed by atoms with Crippen molar-refractivity contribution in [1.29, 1.82) is 0 Å². The van der Waals surface area contributed by atoms with Gasteiger partial charge < -0.3 is 10.1 Å². The third-order valence-electron chi connectivity index (χ3n) is 5.06. The summed E-state index contributed by atoms with van der Waals surface area (Å²) in [6, 6.07) is 6.64. The predicted octanol–water partition coefficient (Wildman–Crippen LogP) is 3.93. The molecule has 0 atom stereocenters. The molecule has 2 heteroatoms. The second-order valence-electron chi connectivity index (χ2n) is 6.47. The minimum Gasteiger partial charge on any atom is -0.493 e. The first-order valence-electron chi connectivity index (χ1n) is 8.30. The van der Waals surface area contributed by atoms with Gasteiger partial charge in [0, 0.05) is 13.0 Å². The second kappa shape index (κ2) is 6.62. The summed E-state index contributed by atoms with van der Waals surface area (Å²) >= 11 is 0. The van der Waals surface area contributed by atoms with E-state index in [1.807, 2.05) is 0 Å². The van der Waals surface area contributed by atoms with Crippen molar-refractivity contribution < 1.29 is 4.74 Å². The van der Waals surface area contributed by atoms with E-state index in [4.69, 9.17) is 4.74 Å². The smallest absolute Gasteiger partial charge is 0.122 e. The molecule has 0 saturated heterocycles. The third kappa shape index (κ3) is 3.35. The highest BCUT2D eigenvalue weighted by Crippen LogP contribution is 2.30. The fourth-order valence-electron chi connectivity index (χ4n) is 3.61. The lowest BCUT2D eigenvalue weighted by Gasteiger charge is -2.27. The summed E-state index contributed by atoms with van der Waals surface area (Å²) in [5, 5.41) is 3.65. The van der Waals surface area contributed by atoms with Crippen LogP contribution in [0.5, 0.6) is 5.75 Å². The molecule has 1 aromatic carbocycles. The molecule has 1 aromatic rings. The van der Waals surface area contributed by atoms with E-state index in [0.29, 0.717) is 0 Å². The van der Waals surface area contributed by atoms with Crippen LogP contribution in [0.4, 0.5) is 0 Å². The number of nitrogens with one attached hydrogen (secondary N) is 1. The van der Waals surface area contributed by atoms with Gasteiger partial charge in [-0.15, -0.1) is 0 Å². The third-order valence-corrected chi connectivity index (χ3v) is 5.06. The summed E-state index contributed by atoms with van der Waals surface area (Å²) in [4.78, 5) is 0. The van der Waals surface area contributed by atoms with Crippen molar-refractivity contribution in [3.8, 4) is 5.75 Å². The molecule has 3 rings (SSSR count). The van der Waals surface area contributed by atoms with Gasteiger partial charge in [0.15, 0.2) is 0 Å². The van der Waals surface area contributed by atoms with Crippen molar-refractivity contribution in [2.45, 2.75) is 52.0 Å². The quantitative estimate of drug-likeness (QED) is 0.877. The molecule has 0 unspecified atom stereocenters. The average molecular weight is 273 g/mol. The summed E-state index contributed by atoms with van der Waals surface area (Å²) in [6.07, 6.45) is 8.17. The maximum absolute atomic E-state index is 5.55. The van der Waals surface area contributed by atoms with Gasteiger partial charge in [0.2, 0.25) is 0 Å². The van der Waals surface area contributed by atoms with Crippen LogP contribution >= 0.6 is 0 Å². The summed E-state index contributed by atoms with van der Waals surface area (Å²) in [5.74, 6) is 2.99. The predicted molar refractivity (Wildman–Crippen MR) is 83.1 cm³/mol. The zero-order chi connectivity index (χ0) is 13.8. The SMILES string of the molecule is CCC1CCC(CNCc2ccc3c(c2)CCO3)CC1. The Bertz CT molecular complexity index is 435. The van der Waals surface area contributed by atoms with Crippen LogP contribution in [0.25, 0.3) is 0 Å². The standard InChI is InChI=1S/C18H27NO/c1-2-14-3-5-15(6-4-14)12-19-13-16-7-8-18-17(11-16)9-10-20-18/h7-8,11,14-15,19H,2-6,9-10,12-13H2,1H3. The number of rotatable bonds is 5. The zero-order valence-electron chi connectivity index (χ0n) is 12.7. The first-order chi connectivity index (χ1) is 9.85. The van der Waals surface area contributed by atoms with Crippen LogP contribution in [-0.2, 0) is 13.0 Å². The van der Waals surface area contributed by atoms with Crippen molar-refractivity contribution in [3.63, 3.8) is 0 Å². The summed E-state index contributed by atoms with van der Waals surface area (Å²) in [5.41, 5.74) is 2.78. The Balaban J connectivity index is 1.42. The van der Waals surface area contributed by atoms with Crippen LogP contribution in [0.1, 0.15) is 50.2 Å². The molecule has 0 amide bonds. The van der Waals surface area contributed by atoms with Gasteiger partial charge in [-0.3, -0.25) is 0 Å². The van der Waals surface area contributed by atoms with Crippen LogP contribution < -0.4 is 10.1 Å². The molecular formula is C18H27NO. The molecule has 0 spiro atoms. The molecule has 20 heavy (non-hydrogen) atoms. The number of benzene rings is 1. The lowest BCUT2D eigenvalue weighted by atomic mass is 9.81. The monoisotopic (exact) mass is 273 g/mol. The van der Waals surface area contributed by atoms with Gasteiger partial charge in [-0.1, -0.05) is 38.3 Å². The fourth-order valence-corrected chi connectivity index (χ4v) is 3.61. The van der Waals surface area contributed by atoms with E-state index < -0.39 is 0 Å². The molecule has 0 aromatic heterocycles. The summed E-state index contributed by atoms with van der Waals surface area (Å²) < 4.78 is 5.55. The molecule has 1 fully saturated rings. The highest BCUT2D eigenvalue weighted by molar-refractivity contribution is 5.39. The number of ether oxygens (including phenoxy) is 1. The molecule has 0 radical (unpaired) electrons. The van der Waals surface area contributed by atoms with Crippen LogP contribution in [0, 0.1) is 11.8 Å². The minimum atomic E-state index is 0.854. The Kier molecular flexibility index (Phi) is 4.62. The number of fused-ring (bicyclic) bond motifs is 1. The van der Waals surface area contributed by atoms with Crippen molar-refractivity contribution in [1.82, 2.24) is 5.32 Å². The maximum Gasteiger partial charge on any atom is 0.122 e. The Hall–Kier alpha value is -1.02. The van der Waals surface area contributed by atoms with Gasteiger partial charge >= 0.3 is 0 Å². The Labute approximate surface area is 122 Å². The van der Waals surface area contributed by atoms with Gasteiger partial charge in [0.05, 0.1) is 6.61 Å². The molecule has 110 valence electrons. The summed E-state index contributed by atoms with van der Waals surface area (Å²) in [7, 11) is 0. The molecule has 1 aliphatic heterocycles. The van der Waals surface area contributed by atoms with E-state index in [1.54, 1.807) is 0 Å². The van der Waals surface area contributed by atoms with Crippen LogP contribution in [0.15, 0.2) is 18.2 Å². The fraction of sp³-hybridized carbons (Fsp3) is 0.667. The Morgan fingerprint density at radius 2 is 1.95 bits per heavy atom. The van der Waals surface area contributed by atoms with Gasteiger partial charge in [-0.05, 0) is 48.4 Å². The van der Waals surface area contributed by atoms with Crippen LogP contribution in [0.2, 0.25) is 0 Å². The van der Waals surface area contributed by atoms with Gasteiger partial charge in [-0.25, -0.2) is 0 Å². The van der Waals surface area contributed by atoms with Crippen molar-refractivity contribution in [2.75, 3.05) is 13.2 Å². The van der Waals surface area contributed by atoms with Crippen molar-refractivity contribution in [3.05, 3.63) is 29.3 Å². The van der Waals surface area contributed by atoms with Gasteiger partial charge in [-0.2, -0.15) is 0 Å². The number of hydrogen-bond acceptors (Lipinski definition) is 2. The maximum atomic E-state index is 5.55. The van der Waals surface area contributed by atoms with Gasteiger partial charge in [0.25, 0.3) is 0 Å². The minimum absolute atomic E-state index is 0.854. The van der Waals surface area contributed by atoms with E-state index in [-0.39, 0.29) is 0 Å². The Morgan fingerprint density at radius 3 is 2.75 bits per heavy atom. The zero-order valence-corrected chi connectivity index (χ0v) is 12.7. The lowest BCUT2D eigenvalue weighted by Crippen LogP contribution is -2.26. The highest BCUT2D eigenvalue weighted by atomic mass is 16.5. The summed E-state index contributed by atoms with van der Waals surface area (Å²) in [6.45, 7) is 5.37. The van der Waals surface area contributed by atoms with E-state index in [1.165, 1.54) is 49.8 Å². The molecule has 1 saturated carbocycles. The van der Waals surface area contributed by atoms with E-state index in [2.05, 4.69) is 30.4 Å². The highest BCUT2D eigenvalue weighted by Gasteiger charge is 2.19. The molecule has 2 nitrogen and oxygen atoms in total. The largest absolute Gasteiger partial charge is 0.493 e. The molecule has 0 bridgehead atoms. The Morgan fingerprint density at radius 1 is 1.15 bits per heavy atom. The lowest BCUT2D eigenvalue weighted by molar-refractivity contribution is 0.262. The molecule has 1 N–H and O–H groups in total. The van der Waals surface area contributed by atoms with E-state index in [9.17, 15) is 0 Å². The molecule has 1 heterocycles. The van der Waals surface area contributed by atoms with Crippen LogP contribution in [0.3, 0.4) is 0 Å². The number of hydrogen-bond donors (Lipinski definition) is 1. The van der Waals surface area contributed by atoms with E-state index >= 15 is 0 Å². The molecule has 1 aliphatic carbocycles. The second-order valence-corrected chi connectivity index (χ2v) is 6.47. The first kappa shape index (κ1) is 13.9. The molecule has 2 aliphatic rings. The van der Waals surface area contributed by atoms with Crippen molar-refractivity contribution >= 4 is 0 Å². The average Bonchev–Trinajstić information content (AvgIpc) is 2.95. The normalized spacial score (nSPS) is 25.2. The first-order valence-corrected chi connectivity index (χ1v) is 8.30. The van der Waals surface area contributed by atoms with Crippen molar-refractivity contribution in [2.24, 2.45) is 11.8 Å². The van der Waals surface area contributed by atoms with Gasteiger partial charge in [0.1, 0.15) is 5.75 Å². The van der Waals surface area contributed by atoms with Crippen LogP contribution in [-0.4, -0.2) is 13.2 Å². The molecular weight excluding hydrogens is 246 g/mol.